The molecule has 3 aromatic carbocycles. The average molecular weight is 431 g/mol. The normalized spacial score (nSPS) is 10.6. The summed E-state index contributed by atoms with van der Waals surface area (Å²) in [6, 6.07) is 26.5. The summed E-state index contributed by atoms with van der Waals surface area (Å²) < 4.78 is 5.89. The zero-order valence-electron chi connectivity index (χ0n) is 16.5. The maximum absolute atomic E-state index is 11.5. The molecule has 0 atom stereocenters. The van der Waals surface area contributed by atoms with Crippen LogP contribution in [0.25, 0.3) is 22.5 Å². The van der Waals surface area contributed by atoms with Crippen LogP contribution >= 0.6 is 11.6 Å². The van der Waals surface area contributed by atoms with Gasteiger partial charge in [-0.05, 0) is 23.3 Å². The van der Waals surface area contributed by atoms with Crippen molar-refractivity contribution in [1.29, 1.82) is 0 Å². The van der Waals surface area contributed by atoms with Crippen LogP contribution in [-0.4, -0.2) is 21.0 Å². The fourth-order valence-electron chi connectivity index (χ4n) is 3.23. The minimum Gasteiger partial charge on any atom is -0.489 e. The van der Waals surface area contributed by atoms with E-state index in [0.717, 1.165) is 11.1 Å². The minimum atomic E-state index is -0.988. The molecule has 0 saturated carbocycles. The van der Waals surface area contributed by atoms with E-state index >= 15 is 0 Å². The summed E-state index contributed by atoms with van der Waals surface area (Å²) in [4.78, 5) is 20.5. The van der Waals surface area contributed by atoms with E-state index in [2.05, 4.69) is 9.97 Å². The van der Waals surface area contributed by atoms with E-state index in [1.165, 1.54) is 0 Å². The van der Waals surface area contributed by atoms with Crippen molar-refractivity contribution < 1.29 is 14.6 Å². The summed E-state index contributed by atoms with van der Waals surface area (Å²) in [6.45, 7) is 0.434. The lowest BCUT2D eigenvalue weighted by molar-refractivity contribution is -0.136. The van der Waals surface area contributed by atoms with Crippen LogP contribution in [0.3, 0.4) is 0 Å². The third-order valence-electron chi connectivity index (χ3n) is 4.66. The van der Waals surface area contributed by atoms with Crippen LogP contribution in [0.4, 0.5) is 0 Å². The first-order valence-electron chi connectivity index (χ1n) is 9.71. The lowest BCUT2D eigenvalue weighted by Gasteiger charge is -2.12. The Balaban J connectivity index is 1.68. The lowest BCUT2D eigenvalue weighted by atomic mass is 10.0. The highest BCUT2D eigenvalue weighted by Gasteiger charge is 2.18. The predicted molar refractivity (Wildman–Crippen MR) is 120 cm³/mol. The highest BCUT2D eigenvalue weighted by atomic mass is 35.5. The Hall–Kier alpha value is -3.70. The number of ether oxygens (including phenoxy) is 1. The van der Waals surface area contributed by atoms with Crippen LogP contribution in [0.5, 0.6) is 5.75 Å². The molecule has 6 heteroatoms. The molecule has 1 N–H and O–H groups in total. The fraction of sp³-hybridized carbons (Fsp3) is 0.0800. The summed E-state index contributed by atoms with van der Waals surface area (Å²) in [5.74, 6) is 0.0249. The highest BCUT2D eigenvalue weighted by Crippen LogP contribution is 2.32. The van der Waals surface area contributed by atoms with Gasteiger partial charge in [-0.25, -0.2) is 9.97 Å². The zero-order valence-corrected chi connectivity index (χ0v) is 17.3. The molecule has 0 fully saturated rings. The lowest BCUT2D eigenvalue weighted by Crippen LogP contribution is -2.07. The van der Waals surface area contributed by atoms with Crippen molar-refractivity contribution in [3.8, 4) is 28.3 Å². The molecule has 0 aliphatic heterocycles. The average Bonchev–Trinajstić information content (AvgIpc) is 2.78. The molecule has 0 unspecified atom stereocenters. The first kappa shape index (κ1) is 20.6. The number of hydrogen-bond acceptors (Lipinski definition) is 4. The van der Waals surface area contributed by atoms with Gasteiger partial charge in [-0.15, -0.1) is 0 Å². The molecule has 31 heavy (non-hydrogen) atoms. The number of aromatic nitrogens is 2. The topological polar surface area (TPSA) is 72.3 Å². The molecule has 1 aromatic heterocycles. The standard InChI is InChI=1S/C25H19ClN2O3/c26-24-23(18-10-5-2-6-11-18)21(15-22(29)30)27-25(28-24)19-12-7-13-20(14-19)31-16-17-8-3-1-4-9-17/h1-14H,15-16H2,(H,29,30). The Morgan fingerprint density at radius 3 is 2.26 bits per heavy atom. The van der Waals surface area contributed by atoms with Crippen LogP contribution < -0.4 is 4.74 Å². The van der Waals surface area contributed by atoms with E-state index in [4.69, 9.17) is 16.3 Å². The molecule has 5 nitrogen and oxygen atoms in total. The van der Waals surface area contributed by atoms with Gasteiger partial charge in [0.25, 0.3) is 0 Å². The van der Waals surface area contributed by atoms with E-state index in [1.54, 1.807) is 0 Å². The summed E-state index contributed by atoms with van der Waals surface area (Å²) in [7, 11) is 0. The Kier molecular flexibility index (Phi) is 6.24. The van der Waals surface area contributed by atoms with E-state index in [-0.39, 0.29) is 11.6 Å². The Morgan fingerprint density at radius 1 is 0.871 bits per heavy atom. The number of hydrogen-bond donors (Lipinski definition) is 1. The maximum atomic E-state index is 11.5. The second kappa shape index (κ2) is 9.41. The third-order valence-corrected chi connectivity index (χ3v) is 4.93. The minimum absolute atomic E-state index is 0.211. The van der Waals surface area contributed by atoms with Gasteiger partial charge in [0.15, 0.2) is 5.82 Å². The van der Waals surface area contributed by atoms with Crippen molar-refractivity contribution in [3.05, 3.63) is 101 Å². The van der Waals surface area contributed by atoms with Gasteiger partial charge in [0.2, 0.25) is 0 Å². The number of carboxylic acid groups (broad SMARTS) is 1. The van der Waals surface area contributed by atoms with E-state index in [9.17, 15) is 9.90 Å². The molecule has 0 amide bonds. The summed E-state index contributed by atoms with van der Waals surface area (Å²) in [6.07, 6.45) is -0.260. The van der Waals surface area contributed by atoms with Crippen molar-refractivity contribution in [3.63, 3.8) is 0 Å². The first-order valence-corrected chi connectivity index (χ1v) is 10.1. The number of rotatable bonds is 7. The predicted octanol–water partition coefficient (Wildman–Crippen LogP) is 5.67. The molecule has 0 aliphatic carbocycles. The molecule has 1 heterocycles. The molecule has 0 spiro atoms. The largest absolute Gasteiger partial charge is 0.489 e. The maximum Gasteiger partial charge on any atom is 0.309 e. The Bertz CT molecular complexity index is 1200. The molecule has 4 aromatic rings. The van der Waals surface area contributed by atoms with Crippen molar-refractivity contribution in [2.45, 2.75) is 13.0 Å². The van der Waals surface area contributed by atoms with Gasteiger partial charge in [-0.3, -0.25) is 4.79 Å². The monoisotopic (exact) mass is 430 g/mol. The van der Waals surface area contributed by atoms with E-state index in [0.29, 0.717) is 35.0 Å². The zero-order chi connectivity index (χ0) is 21.6. The molecule has 154 valence electrons. The van der Waals surface area contributed by atoms with Crippen molar-refractivity contribution in [2.75, 3.05) is 0 Å². The number of aliphatic carboxylic acids is 1. The second-order valence-corrected chi connectivity index (χ2v) is 7.26. The number of benzene rings is 3. The van der Waals surface area contributed by atoms with Crippen LogP contribution in [-0.2, 0) is 17.8 Å². The molecular formula is C25H19ClN2O3. The van der Waals surface area contributed by atoms with Gasteiger partial charge < -0.3 is 9.84 Å². The molecule has 0 saturated heterocycles. The van der Waals surface area contributed by atoms with Gasteiger partial charge in [-0.1, -0.05) is 84.4 Å². The van der Waals surface area contributed by atoms with Gasteiger partial charge in [0.05, 0.1) is 12.1 Å². The van der Waals surface area contributed by atoms with Gasteiger partial charge in [-0.2, -0.15) is 0 Å². The molecule has 0 radical (unpaired) electrons. The number of nitrogens with zero attached hydrogens (tertiary/aromatic N) is 2. The van der Waals surface area contributed by atoms with Gasteiger partial charge >= 0.3 is 5.97 Å². The smallest absolute Gasteiger partial charge is 0.309 e. The SMILES string of the molecule is O=C(O)Cc1nc(-c2cccc(OCc3ccccc3)c2)nc(Cl)c1-c1ccccc1. The first-order chi connectivity index (χ1) is 15.1. The Labute approximate surface area is 185 Å². The molecule has 4 rings (SSSR count). The third kappa shape index (κ3) is 5.08. The Morgan fingerprint density at radius 2 is 1.55 bits per heavy atom. The van der Waals surface area contributed by atoms with Crippen molar-refractivity contribution in [2.24, 2.45) is 0 Å². The fourth-order valence-corrected chi connectivity index (χ4v) is 3.53. The van der Waals surface area contributed by atoms with Crippen molar-refractivity contribution >= 4 is 17.6 Å². The number of carboxylic acids is 1. The summed E-state index contributed by atoms with van der Waals surface area (Å²) in [5, 5.41) is 9.60. The molecule has 0 bridgehead atoms. The quantitative estimate of drug-likeness (QED) is 0.382. The van der Waals surface area contributed by atoms with E-state index < -0.39 is 5.97 Å². The summed E-state index contributed by atoms with van der Waals surface area (Å²) in [5.41, 5.74) is 3.42. The van der Waals surface area contributed by atoms with Crippen LogP contribution in [0, 0.1) is 0 Å². The van der Waals surface area contributed by atoms with Crippen LogP contribution in [0.1, 0.15) is 11.3 Å². The molecule has 0 aliphatic rings. The van der Waals surface area contributed by atoms with Crippen molar-refractivity contribution in [1.82, 2.24) is 9.97 Å². The van der Waals surface area contributed by atoms with Gasteiger partial charge in [0.1, 0.15) is 17.5 Å². The number of halogens is 1. The summed E-state index contributed by atoms with van der Waals surface area (Å²) >= 11 is 6.51. The highest BCUT2D eigenvalue weighted by molar-refractivity contribution is 6.32. The number of carbonyl (C=O) groups is 1. The van der Waals surface area contributed by atoms with Crippen LogP contribution in [0.2, 0.25) is 5.15 Å². The van der Waals surface area contributed by atoms with Gasteiger partial charge in [0, 0.05) is 11.1 Å². The van der Waals surface area contributed by atoms with E-state index in [1.807, 2.05) is 84.9 Å². The van der Waals surface area contributed by atoms with Crippen LogP contribution in [0.15, 0.2) is 84.9 Å². The second-order valence-electron chi connectivity index (χ2n) is 6.90. The molecular weight excluding hydrogens is 412 g/mol.